The van der Waals surface area contributed by atoms with Crippen molar-refractivity contribution in [2.75, 3.05) is 5.73 Å². The third-order valence-corrected chi connectivity index (χ3v) is 2.20. The largest absolute Gasteiger partial charge is 0.432 e. The molecule has 78 valence electrons. The number of hydrogen-bond donors (Lipinski definition) is 1. The number of nitrogens with two attached hydrogens (primary N) is 1. The van der Waals surface area contributed by atoms with E-state index in [1.165, 1.54) is 6.26 Å². The molecule has 0 saturated heterocycles. The van der Waals surface area contributed by atoms with E-state index >= 15 is 0 Å². The third-order valence-electron chi connectivity index (χ3n) is 2.20. The van der Waals surface area contributed by atoms with Crippen LogP contribution in [0.5, 0.6) is 0 Å². The Bertz CT molecular complexity index is 445. The first-order chi connectivity index (χ1) is 7.16. The number of pyridine rings is 1. The molecule has 0 aliphatic rings. The summed E-state index contributed by atoms with van der Waals surface area (Å²) < 4.78 is 4.94. The van der Waals surface area contributed by atoms with Gasteiger partial charge in [0.1, 0.15) is 12.0 Å². The molecule has 0 saturated carbocycles. The fourth-order valence-electron chi connectivity index (χ4n) is 1.32. The maximum absolute atomic E-state index is 5.40. The predicted molar refractivity (Wildman–Crippen MR) is 58.2 cm³/mol. The van der Waals surface area contributed by atoms with Crippen LogP contribution in [0.4, 0.5) is 6.01 Å². The zero-order valence-electron chi connectivity index (χ0n) is 8.77. The van der Waals surface area contributed by atoms with Crippen LogP contribution >= 0.6 is 0 Å². The first-order valence-corrected chi connectivity index (χ1v) is 4.84. The van der Waals surface area contributed by atoms with Crippen LogP contribution in [-0.2, 0) is 0 Å². The van der Waals surface area contributed by atoms with E-state index in [1.54, 1.807) is 6.20 Å². The Morgan fingerprint density at radius 3 is 2.60 bits per heavy atom. The summed E-state index contributed by atoms with van der Waals surface area (Å²) in [6.45, 7) is 4.21. The second-order valence-electron chi connectivity index (χ2n) is 3.70. The number of oxazole rings is 1. The van der Waals surface area contributed by atoms with Gasteiger partial charge in [-0.2, -0.15) is 4.98 Å². The zero-order valence-corrected chi connectivity index (χ0v) is 8.77. The van der Waals surface area contributed by atoms with Crippen molar-refractivity contribution in [2.24, 2.45) is 0 Å². The lowest BCUT2D eigenvalue weighted by atomic mass is 10.1. The highest BCUT2D eigenvalue weighted by Crippen LogP contribution is 2.20. The van der Waals surface area contributed by atoms with Crippen LogP contribution in [0.25, 0.3) is 11.3 Å². The van der Waals surface area contributed by atoms with Crippen molar-refractivity contribution in [3.63, 3.8) is 0 Å². The Balaban J connectivity index is 2.31. The van der Waals surface area contributed by atoms with E-state index in [0.29, 0.717) is 5.92 Å². The molecule has 2 N–H and O–H groups in total. The monoisotopic (exact) mass is 203 g/mol. The van der Waals surface area contributed by atoms with Crippen LogP contribution in [-0.4, -0.2) is 9.97 Å². The van der Waals surface area contributed by atoms with Crippen LogP contribution in [0.15, 0.2) is 29.0 Å². The second kappa shape index (κ2) is 3.73. The summed E-state index contributed by atoms with van der Waals surface area (Å²) in [5.74, 6) is 0.432. The van der Waals surface area contributed by atoms with E-state index < -0.39 is 0 Å². The molecule has 2 aromatic heterocycles. The highest BCUT2D eigenvalue weighted by atomic mass is 16.4. The van der Waals surface area contributed by atoms with Crippen molar-refractivity contribution in [3.05, 3.63) is 30.3 Å². The van der Waals surface area contributed by atoms with Crippen LogP contribution in [0.3, 0.4) is 0 Å². The molecule has 4 heteroatoms. The van der Waals surface area contributed by atoms with Gasteiger partial charge < -0.3 is 10.2 Å². The fourth-order valence-corrected chi connectivity index (χ4v) is 1.32. The summed E-state index contributed by atoms with van der Waals surface area (Å²) in [7, 11) is 0. The predicted octanol–water partition coefficient (Wildman–Crippen LogP) is 2.44. The highest BCUT2D eigenvalue weighted by molar-refractivity contribution is 5.57. The van der Waals surface area contributed by atoms with E-state index in [1.807, 2.05) is 12.1 Å². The number of rotatable bonds is 2. The molecular formula is C11H13N3O. The average molecular weight is 203 g/mol. The van der Waals surface area contributed by atoms with E-state index in [9.17, 15) is 0 Å². The van der Waals surface area contributed by atoms with Gasteiger partial charge >= 0.3 is 0 Å². The SMILES string of the molecule is CC(C)c1ccc(-c2coc(N)n2)cn1. The van der Waals surface area contributed by atoms with Crippen LogP contribution in [0.1, 0.15) is 25.5 Å². The van der Waals surface area contributed by atoms with Gasteiger partial charge in [0, 0.05) is 17.5 Å². The maximum Gasteiger partial charge on any atom is 0.292 e. The molecule has 15 heavy (non-hydrogen) atoms. The van der Waals surface area contributed by atoms with Crippen molar-refractivity contribution in [1.82, 2.24) is 9.97 Å². The van der Waals surface area contributed by atoms with E-state index in [0.717, 1.165) is 17.0 Å². The first kappa shape index (κ1) is 9.71. The minimum Gasteiger partial charge on any atom is -0.432 e. The van der Waals surface area contributed by atoms with Gasteiger partial charge in [-0.25, -0.2) is 0 Å². The summed E-state index contributed by atoms with van der Waals surface area (Å²) in [5.41, 5.74) is 8.10. The molecule has 0 aliphatic carbocycles. The normalized spacial score (nSPS) is 10.9. The Hall–Kier alpha value is -1.84. The summed E-state index contributed by atoms with van der Waals surface area (Å²) in [4.78, 5) is 8.37. The van der Waals surface area contributed by atoms with Gasteiger partial charge in [-0.3, -0.25) is 4.98 Å². The molecule has 0 aromatic carbocycles. The number of nitrogens with zero attached hydrogens (tertiary/aromatic N) is 2. The van der Waals surface area contributed by atoms with Gasteiger partial charge in [-0.1, -0.05) is 13.8 Å². The topological polar surface area (TPSA) is 64.9 Å². The quantitative estimate of drug-likeness (QED) is 0.814. The van der Waals surface area contributed by atoms with Crippen molar-refractivity contribution in [1.29, 1.82) is 0 Å². The molecule has 2 aromatic rings. The zero-order chi connectivity index (χ0) is 10.8. The average Bonchev–Trinajstić information content (AvgIpc) is 2.65. The van der Waals surface area contributed by atoms with Crippen molar-refractivity contribution in [2.45, 2.75) is 19.8 Å². The molecule has 0 aliphatic heterocycles. The Labute approximate surface area is 88.2 Å². The van der Waals surface area contributed by atoms with Gasteiger partial charge in [0.25, 0.3) is 6.01 Å². The van der Waals surface area contributed by atoms with Gasteiger partial charge in [0.05, 0.1) is 0 Å². The summed E-state index contributed by atoms with van der Waals surface area (Å²) in [5, 5.41) is 0. The van der Waals surface area contributed by atoms with E-state index in [4.69, 9.17) is 10.2 Å². The Kier molecular flexibility index (Phi) is 2.41. The molecular weight excluding hydrogens is 190 g/mol. The van der Waals surface area contributed by atoms with Gasteiger partial charge in [0.2, 0.25) is 0 Å². The van der Waals surface area contributed by atoms with Crippen LogP contribution in [0, 0.1) is 0 Å². The third kappa shape index (κ3) is 1.98. The number of hydrogen-bond acceptors (Lipinski definition) is 4. The molecule has 0 bridgehead atoms. The van der Waals surface area contributed by atoms with Crippen LogP contribution in [0.2, 0.25) is 0 Å². The van der Waals surface area contributed by atoms with Crippen molar-refractivity contribution < 1.29 is 4.42 Å². The molecule has 0 atom stereocenters. The Morgan fingerprint density at radius 1 is 1.33 bits per heavy atom. The van der Waals surface area contributed by atoms with E-state index in [-0.39, 0.29) is 6.01 Å². The molecule has 0 amide bonds. The molecule has 0 radical (unpaired) electrons. The van der Waals surface area contributed by atoms with Gasteiger partial charge in [0.15, 0.2) is 0 Å². The minimum absolute atomic E-state index is 0.179. The standard InChI is InChI=1S/C11H13N3O/c1-7(2)9-4-3-8(5-13-9)10-6-15-11(12)14-10/h3-7H,1-2H3,(H2,12,14). The number of nitrogen functional groups attached to an aromatic ring is 1. The van der Waals surface area contributed by atoms with E-state index in [2.05, 4.69) is 23.8 Å². The van der Waals surface area contributed by atoms with Crippen molar-refractivity contribution in [3.8, 4) is 11.3 Å². The molecule has 4 nitrogen and oxygen atoms in total. The molecule has 0 fully saturated rings. The molecule has 2 rings (SSSR count). The lowest BCUT2D eigenvalue weighted by molar-refractivity contribution is 0.581. The minimum atomic E-state index is 0.179. The molecule has 0 spiro atoms. The molecule has 0 unspecified atom stereocenters. The van der Waals surface area contributed by atoms with Gasteiger partial charge in [-0.15, -0.1) is 0 Å². The first-order valence-electron chi connectivity index (χ1n) is 4.84. The maximum atomic E-state index is 5.40. The van der Waals surface area contributed by atoms with Crippen LogP contribution < -0.4 is 5.73 Å². The summed E-state index contributed by atoms with van der Waals surface area (Å²) in [6, 6.07) is 4.14. The lowest BCUT2D eigenvalue weighted by Gasteiger charge is -2.03. The number of aromatic nitrogens is 2. The highest BCUT2D eigenvalue weighted by Gasteiger charge is 2.05. The Morgan fingerprint density at radius 2 is 2.13 bits per heavy atom. The molecule has 2 heterocycles. The number of anilines is 1. The summed E-state index contributed by atoms with van der Waals surface area (Å²) >= 11 is 0. The fraction of sp³-hybridized carbons (Fsp3) is 0.273. The summed E-state index contributed by atoms with van der Waals surface area (Å²) in [6.07, 6.45) is 3.31. The lowest BCUT2D eigenvalue weighted by Crippen LogP contribution is -1.92. The smallest absolute Gasteiger partial charge is 0.292 e. The van der Waals surface area contributed by atoms with Gasteiger partial charge in [-0.05, 0) is 18.1 Å². The second-order valence-corrected chi connectivity index (χ2v) is 3.70. The van der Waals surface area contributed by atoms with Crippen molar-refractivity contribution >= 4 is 6.01 Å².